The third kappa shape index (κ3) is 5.05. The minimum absolute atomic E-state index is 0.127. The van der Waals surface area contributed by atoms with Crippen LogP contribution in [0.3, 0.4) is 0 Å². The summed E-state index contributed by atoms with van der Waals surface area (Å²) in [7, 11) is 0. The molecule has 1 amide bonds. The molecule has 0 aliphatic rings. The number of benzene rings is 1. The van der Waals surface area contributed by atoms with Crippen LogP contribution < -0.4 is 5.32 Å². The molecule has 1 aromatic carbocycles. The molecule has 4 aromatic rings. The largest absolute Gasteiger partial charge is 0.461 e. The number of nitrogens with zero attached hydrogens (tertiary/aromatic N) is 4. The first-order valence-corrected chi connectivity index (χ1v) is 11.7. The van der Waals surface area contributed by atoms with E-state index >= 15 is 0 Å². The number of anilines is 1. The fourth-order valence-corrected chi connectivity index (χ4v) is 4.57. The Balaban J connectivity index is 1.46. The number of nitrogens with one attached hydrogen (secondary N) is 1. The van der Waals surface area contributed by atoms with Gasteiger partial charge < -0.3 is 9.73 Å². The van der Waals surface area contributed by atoms with Gasteiger partial charge in [0.1, 0.15) is 0 Å². The van der Waals surface area contributed by atoms with Crippen molar-refractivity contribution in [3.8, 4) is 22.8 Å². The second-order valence-electron chi connectivity index (χ2n) is 7.44. The van der Waals surface area contributed by atoms with Gasteiger partial charge in [-0.3, -0.25) is 9.36 Å². The number of furan rings is 1. The average Bonchev–Trinajstić information content (AvgIpc) is 3.50. The zero-order valence-electron chi connectivity index (χ0n) is 17.5. The molecule has 31 heavy (non-hydrogen) atoms. The number of carbonyl (C=O) groups excluding carboxylic acids is 1. The number of thioether (sulfide) groups is 1. The summed E-state index contributed by atoms with van der Waals surface area (Å²) in [4.78, 5) is 17.3. The molecule has 0 saturated heterocycles. The van der Waals surface area contributed by atoms with Crippen LogP contribution in [0.4, 0.5) is 5.13 Å². The Hall–Kier alpha value is -2.91. The van der Waals surface area contributed by atoms with E-state index in [0.29, 0.717) is 27.8 Å². The minimum atomic E-state index is -0.372. The van der Waals surface area contributed by atoms with Crippen molar-refractivity contribution in [2.24, 2.45) is 5.92 Å². The number of amides is 1. The Morgan fingerprint density at radius 3 is 2.68 bits per heavy atom. The zero-order chi connectivity index (χ0) is 21.8. The second kappa shape index (κ2) is 9.49. The van der Waals surface area contributed by atoms with Crippen molar-refractivity contribution in [1.29, 1.82) is 0 Å². The standard InChI is InChI=1S/C22H23N5O2S2/c1-14(2)12-27-19(18-10-7-11-29-18)25-26-22(27)31-15(3)20(28)24-21-23-17(13-30-21)16-8-5-4-6-9-16/h4-11,13-15H,12H2,1-3H3,(H,23,24,28). The number of hydrogen-bond acceptors (Lipinski definition) is 7. The Bertz CT molecular complexity index is 1140. The quantitative estimate of drug-likeness (QED) is 0.358. The smallest absolute Gasteiger partial charge is 0.239 e. The lowest BCUT2D eigenvalue weighted by Crippen LogP contribution is -2.23. The van der Waals surface area contributed by atoms with Gasteiger partial charge in [0.05, 0.1) is 17.2 Å². The molecule has 0 aliphatic heterocycles. The Morgan fingerprint density at radius 1 is 1.16 bits per heavy atom. The molecule has 0 aliphatic carbocycles. The topological polar surface area (TPSA) is 85.8 Å². The van der Waals surface area contributed by atoms with Crippen molar-refractivity contribution in [1.82, 2.24) is 19.7 Å². The molecule has 0 spiro atoms. The van der Waals surface area contributed by atoms with Crippen molar-refractivity contribution in [3.05, 3.63) is 54.1 Å². The molecule has 0 fully saturated rings. The first kappa shape index (κ1) is 21.3. The SMILES string of the molecule is CC(C)Cn1c(SC(C)C(=O)Nc2nc(-c3ccccc3)cs2)nnc1-c1ccco1. The highest BCUT2D eigenvalue weighted by atomic mass is 32.2. The maximum atomic E-state index is 12.8. The first-order chi connectivity index (χ1) is 15.0. The predicted molar refractivity (Wildman–Crippen MR) is 124 cm³/mol. The van der Waals surface area contributed by atoms with Gasteiger partial charge in [-0.25, -0.2) is 4.98 Å². The van der Waals surface area contributed by atoms with Gasteiger partial charge in [0.2, 0.25) is 5.91 Å². The van der Waals surface area contributed by atoms with Crippen LogP contribution in [0.2, 0.25) is 0 Å². The van der Waals surface area contributed by atoms with Crippen molar-refractivity contribution >= 4 is 34.1 Å². The lowest BCUT2D eigenvalue weighted by atomic mass is 10.2. The van der Waals surface area contributed by atoms with Crippen LogP contribution in [-0.4, -0.2) is 30.9 Å². The van der Waals surface area contributed by atoms with E-state index in [1.54, 1.807) is 6.26 Å². The summed E-state index contributed by atoms with van der Waals surface area (Å²) < 4.78 is 7.52. The predicted octanol–water partition coefficient (Wildman–Crippen LogP) is 5.44. The highest BCUT2D eigenvalue weighted by Gasteiger charge is 2.23. The molecule has 160 valence electrons. The van der Waals surface area contributed by atoms with Gasteiger partial charge in [-0.05, 0) is 25.0 Å². The molecule has 1 unspecified atom stereocenters. The monoisotopic (exact) mass is 453 g/mol. The number of thiazole rings is 1. The van der Waals surface area contributed by atoms with Gasteiger partial charge in [0, 0.05) is 17.5 Å². The van der Waals surface area contributed by atoms with Gasteiger partial charge in [0.15, 0.2) is 21.9 Å². The van der Waals surface area contributed by atoms with Crippen LogP contribution in [0.15, 0.2) is 63.7 Å². The molecule has 4 rings (SSSR count). The minimum Gasteiger partial charge on any atom is -0.461 e. The number of rotatable bonds is 8. The molecule has 0 bridgehead atoms. The molecule has 1 atom stereocenters. The second-order valence-corrected chi connectivity index (χ2v) is 9.61. The summed E-state index contributed by atoms with van der Waals surface area (Å²) in [6.07, 6.45) is 1.62. The van der Waals surface area contributed by atoms with E-state index in [9.17, 15) is 4.79 Å². The maximum absolute atomic E-state index is 12.8. The van der Waals surface area contributed by atoms with Gasteiger partial charge in [0.25, 0.3) is 0 Å². The van der Waals surface area contributed by atoms with Crippen molar-refractivity contribution < 1.29 is 9.21 Å². The third-order valence-electron chi connectivity index (χ3n) is 4.46. The molecule has 0 saturated carbocycles. The van der Waals surface area contributed by atoms with Crippen molar-refractivity contribution in [2.75, 3.05) is 5.32 Å². The Morgan fingerprint density at radius 2 is 1.97 bits per heavy atom. The number of carbonyl (C=O) groups is 1. The summed E-state index contributed by atoms with van der Waals surface area (Å²) in [6.45, 7) is 6.84. The fraction of sp³-hybridized carbons (Fsp3) is 0.273. The van der Waals surface area contributed by atoms with E-state index in [0.717, 1.165) is 17.8 Å². The third-order valence-corrected chi connectivity index (χ3v) is 6.30. The van der Waals surface area contributed by atoms with E-state index in [1.807, 2.05) is 59.3 Å². The Kier molecular flexibility index (Phi) is 6.53. The number of hydrogen-bond donors (Lipinski definition) is 1. The van der Waals surface area contributed by atoms with Crippen LogP contribution in [0.1, 0.15) is 20.8 Å². The van der Waals surface area contributed by atoms with E-state index < -0.39 is 0 Å². The molecule has 9 heteroatoms. The molecule has 1 N–H and O–H groups in total. The molecule has 7 nitrogen and oxygen atoms in total. The van der Waals surface area contributed by atoms with Gasteiger partial charge in [-0.2, -0.15) is 0 Å². The molecular formula is C22H23N5O2S2. The van der Waals surface area contributed by atoms with Crippen LogP contribution >= 0.6 is 23.1 Å². The summed E-state index contributed by atoms with van der Waals surface area (Å²) in [5, 5.41) is 14.4. The maximum Gasteiger partial charge on any atom is 0.239 e. The zero-order valence-corrected chi connectivity index (χ0v) is 19.1. The van der Waals surface area contributed by atoms with Crippen LogP contribution in [0, 0.1) is 5.92 Å². The average molecular weight is 454 g/mol. The molecular weight excluding hydrogens is 430 g/mol. The summed E-state index contributed by atoms with van der Waals surface area (Å²) in [6, 6.07) is 13.6. The lowest BCUT2D eigenvalue weighted by Gasteiger charge is -2.14. The van der Waals surface area contributed by atoms with E-state index in [1.165, 1.54) is 23.1 Å². The van der Waals surface area contributed by atoms with E-state index in [4.69, 9.17) is 4.42 Å². The normalized spacial score (nSPS) is 12.3. The highest BCUT2D eigenvalue weighted by molar-refractivity contribution is 8.00. The summed E-state index contributed by atoms with van der Waals surface area (Å²) in [5.41, 5.74) is 1.87. The van der Waals surface area contributed by atoms with Gasteiger partial charge >= 0.3 is 0 Å². The van der Waals surface area contributed by atoms with E-state index in [-0.39, 0.29) is 11.2 Å². The van der Waals surface area contributed by atoms with Gasteiger partial charge in [-0.15, -0.1) is 21.5 Å². The lowest BCUT2D eigenvalue weighted by molar-refractivity contribution is -0.115. The van der Waals surface area contributed by atoms with Crippen LogP contribution in [0.25, 0.3) is 22.8 Å². The van der Waals surface area contributed by atoms with Crippen molar-refractivity contribution in [3.63, 3.8) is 0 Å². The Labute approximate surface area is 188 Å². The molecule has 0 radical (unpaired) electrons. The first-order valence-electron chi connectivity index (χ1n) is 9.97. The molecule has 3 heterocycles. The van der Waals surface area contributed by atoms with Crippen LogP contribution in [-0.2, 0) is 11.3 Å². The highest BCUT2D eigenvalue weighted by Crippen LogP contribution is 2.29. The van der Waals surface area contributed by atoms with Crippen molar-refractivity contribution in [2.45, 2.75) is 37.7 Å². The summed E-state index contributed by atoms with van der Waals surface area (Å²) in [5.74, 6) is 1.59. The molecule has 3 aromatic heterocycles. The van der Waals surface area contributed by atoms with Crippen LogP contribution in [0.5, 0.6) is 0 Å². The fourth-order valence-electron chi connectivity index (χ4n) is 2.98. The number of aromatic nitrogens is 4. The van der Waals surface area contributed by atoms with E-state index in [2.05, 4.69) is 34.3 Å². The summed E-state index contributed by atoms with van der Waals surface area (Å²) >= 11 is 2.79. The van der Waals surface area contributed by atoms with Gasteiger partial charge in [-0.1, -0.05) is 55.9 Å².